The molecule has 0 aliphatic heterocycles. The molecule has 0 aliphatic carbocycles. The van der Waals surface area contributed by atoms with E-state index >= 15 is 0 Å². The topological polar surface area (TPSA) is 78.9 Å². The molecule has 0 fully saturated rings. The molecule has 0 saturated carbocycles. The van der Waals surface area contributed by atoms with Gasteiger partial charge in [0.05, 0.1) is 0 Å². The van der Waals surface area contributed by atoms with Crippen LogP contribution in [0.3, 0.4) is 0 Å². The average molecular weight is 1160 g/mol. The maximum Gasteiger partial charge on any atom is 0.306 e. The Bertz CT molecular complexity index is 1470. The molecule has 0 spiro atoms. The average Bonchev–Trinajstić information content (AvgIpc) is 3.49. The summed E-state index contributed by atoms with van der Waals surface area (Å²) >= 11 is 0. The standard InChI is InChI=1S/C77H140O6/c1-4-7-10-13-16-19-22-25-28-31-33-35-37-38-40-41-43-46-49-52-55-58-61-64-67-70-76(79)82-73-74(72-81-75(78)69-66-63-60-57-54-51-48-45-30-27-24-21-18-15-12-9-6-3)83-77(80)71-68-65-62-59-56-53-50-47-44-42-39-36-34-32-29-26-23-20-17-14-11-8-5-2/h18,21-22,25,27,30-31,33,37-38,74H,4-17,19-20,23-24,26,28-29,32,34-36,39-73H2,1-3H3/b21-18-,25-22-,30-27-,33-31-,38-37-. The largest absolute Gasteiger partial charge is 0.462 e. The van der Waals surface area contributed by atoms with Gasteiger partial charge in [0, 0.05) is 19.3 Å². The molecule has 0 N–H and O–H groups in total. The fourth-order valence-electron chi connectivity index (χ4n) is 11.0. The van der Waals surface area contributed by atoms with E-state index in [0.29, 0.717) is 19.3 Å². The normalized spacial score (nSPS) is 12.4. The van der Waals surface area contributed by atoms with Gasteiger partial charge in [-0.2, -0.15) is 0 Å². The second kappa shape index (κ2) is 71.6. The molecule has 0 radical (unpaired) electrons. The Labute approximate surface area is 517 Å². The van der Waals surface area contributed by atoms with Gasteiger partial charge in [-0.25, -0.2) is 0 Å². The number of esters is 3. The second-order valence-electron chi connectivity index (χ2n) is 24.9. The highest BCUT2D eigenvalue weighted by molar-refractivity contribution is 5.71. The zero-order valence-corrected chi connectivity index (χ0v) is 55.7. The van der Waals surface area contributed by atoms with Crippen LogP contribution in [-0.4, -0.2) is 37.2 Å². The Morgan fingerprint density at radius 2 is 0.434 bits per heavy atom. The third kappa shape index (κ3) is 69.8. The number of hydrogen-bond donors (Lipinski definition) is 0. The Balaban J connectivity index is 4.32. The summed E-state index contributed by atoms with van der Waals surface area (Å²) in [7, 11) is 0. The van der Waals surface area contributed by atoms with E-state index in [2.05, 4.69) is 81.5 Å². The Morgan fingerprint density at radius 3 is 0.699 bits per heavy atom. The van der Waals surface area contributed by atoms with E-state index < -0.39 is 6.10 Å². The molecule has 1 unspecified atom stereocenters. The first-order valence-electron chi connectivity index (χ1n) is 36.8. The summed E-state index contributed by atoms with van der Waals surface area (Å²) in [6.45, 7) is 6.67. The lowest BCUT2D eigenvalue weighted by Crippen LogP contribution is -2.30. The van der Waals surface area contributed by atoms with Gasteiger partial charge in [-0.05, 0) is 89.9 Å². The Kier molecular flexibility index (Phi) is 69.1. The molecule has 1 atom stereocenters. The van der Waals surface area contributed by atoms with Gasteiger partial charge in [-0.3, -0.25) is 14.4 Å². The van der Waals surface area contributed by atoms with Crippen molar-refractivity contribution in [2.24, 2.45) is 0 Å². The van der Waals surface area contributed by atoms with Crippen molar-refractivity contribution in [1.29, 1.82) is 0 Å². The van der Waals surface area contributed by atoms with Gasteiger partial charge in [-0.1, -0.05) is 345 Å². The SMILES string of the molecule is CCCCC/C=C\C/C=C\CCCCCCCCCC(=O)OCC(COC(=O)CCCCCCCCCCCC/C=C\C/C=C\C/C=C\CCCCCCC)OC(=O)CCCCCCCCCCCCCCCCCCCCCCCCC. The molecule has 0 saturated heterocycles. The first-order chi connectivity index (χ1) is 41.0. The monoisotopic (exact) mass is 1160 g/mol. The van der Waals surface area contributed by atoms with E-state index in [1.807, 2.05) is 0 Å². The Hall–Kier alpha value is -2.89. The van der Waals surface area contributed by atoms with E-state index in [1.165, 1.54) is 270 Å². The number of hydrogen-bond acceptors (Lipinski definition) is 6. The van der Waals surface area contributed by atoms with Crippen molar-refractivity contribution in [1.82, 2.24) is 0 Å². The predicted molar refractivity (Wildman–Crippen MR) is 362 cm³/mol. The highest BCUT2D eigenvalue weighted by Gasteiger charge is 2.19. The van der Waals surface area contributed by atoms with E-state index in [4.69, 9.17) is 14.2 Å². The minimum atomic E-state index is -0.780. The van der Waals surface area contributed by atoms with Gasteiger partial charge >= 0.3 is 17.9 Å². The fraction of sp³-hybridized carbons (Fsp3) is 0.831. The van der Waals surface area contributed by atoms with Crippen molar-refractivity contribution in [3.8, 4) is 0 Å². The summed E-state index contributed by atoms with van der Waals surface area (Å²) in [5, 5.41) is 0. The zero-order chi connectivity index (χ0) is 59.9. The van der Waals surface area contributed by atoms with Crippen LogP contribution in [0, 0.1) is 0 Å². The molecule has 0 amide bonds. The van der Waals surface area contributed by atoms with Gasteiger partial charge in [0.15, 0.2) is 6.10 Å². The van der Waals surface area contributed by atoms with Crippen LogP contribution in [0.1, 0.15) is 393 Å². The van der Waals surface area contributed by atoms with E-state index in [9.17, 15) is 14.4 Å². The van der Waals surface area contributed by atoms with Crippen LogP contribution in [0.25, 0.3) is 0 Å². The third-order valence-electron chi connectivity index (χ3n) is 16.5. The van der Waals surface area contributed by atoms with Crippen molar-refractivity contribution in [3.63, 3.8) is 0 Å². The van der Waals surface area contributed by atoms with Gasteiger partial charge < -0.3 is 14.2 Å². The molecule has 0 rings (SSSR count). The van der Waals surface area contributed by atoms with Crippen LogP contribution in [0.5, 0.6) is 0 Å². The van der Waals surface area contributed by atoms with Crippen molar-refractivity contribution in [2.45, 2.75) is 399 Å². The number of rotatable bonds is 68. The van der Waals surface area contributed by atoms with Crippen LogP contribution in [0.15, 0.2) is 60.8 Å². The van der Waals surface area contributed by atoms with Gasteiger partial charge in [0.2, 0.25) is 0 Å². The van der Waals surface area contributed by atoms with Crippen molar-refractivity contribution in [3.05, 3.63) is 60.8 Å². The number of ether oxygens (including phenoxy) is 3. The third-order valence-corrected chi connectivity index (χ3v) is 16.5. The molecule has 0 bridgehead atoms. The number of unbranched alkanes of at least 4 members (excludes halogenated alkanes) is 47. The highest BCUT2D eigenvalue weighted by Crippen LogP contribution is 2.18. The van der Waals surface area contributed by atoms with Crippen LogP contribution in [-0.2, 0) is 28.6 Å². The maximum absolute atomic E-state index is 13.0. The molecule has 484 valence electrons. The summed E-state index contributed by atoms with van der Waals surface area (Å²) in [6, 6.07) is 0. The lowest BCUT2D eigenvalue weighted by Gasteiger charge is -2.18. The van der Waals surface area contributed by atoms with Crippen molar-refractivity contribution < 1.29 is 28.6 Å². The quantitative estimate of drug-likeness (QED) is 0.0261. The second-order valence-corrected chi connectivity index (χ2v) is 24.9. The van der Waals surface area contributed by atoms with E-state index in [-0.39, 0.29) is 31.1 Å². The van der Waals surface area contributed by atoms with Gasteiger partial charge in [0.1, 0.15) is 13.2 Å². The first kappa shape index (κ1) is 80.1. The van der Waals surface area contributed by atoms with Crippen molar-refractivity contribution in [2.75, 3.05) is 13.2 Å². The van der Waals surface area contributed by atoms with Gasteiger partial charge in [0.25, 0.3) is 0 Å². The number of allylic oxidation sites excluding steroid dienone is 10. The molecule has 0 heterocycles. The van der Waals surface area contributed by atoms with E-state index in [1.54, 1.807) is 0 Å². The number of carbonyl (C=O) groups excluding carboxylic acids is 3. The molecule has 6 nitrogen and oxygen atoms in total. The molecule has 83 heavy (non-hydrogen) atoms. The summed E-state index contributed by atoms with van der Waals surface area (Å²) in [5.74, 6) is -0.859. The predicted octanol–water partition coefficient (Wildman–Crippen LogP) is 25.5. The van der Waals surface area contributed by atoms with Crippen LogP contribution in [0.4, 0.5) is 0 Å². The number of carbonyl (C=O) groups is 3. The molecular weight excluding hydrogens is 1020 g/mol. The van der Waals surface area contributed by atoms with Crippen LogP contribution >= 0.6 is 0 Å². The molecular formula is C77H140O6. The molecule has 0 aromatic rings. The lowest BCUT2D eigenvalue weighted by molar-refractivity contribution is -0.167. The molecule has 6 heteroatoms. The summed E-state index contributed by atoms with van der Waals surface area (Å²) in [4.78, 5) is 38.5. The van der Waals surface area contributed by atoms with Crippen LogP contribution in [0.2, 0.25) is 0 Å². The first-order valence-corrected chi connectivity index (χ1v) is 36.8. The summed E-state index contributed by atoms with van der Waals surface area (Å²) in [6.07, 6.45) is 92.5. The molecule has 0 aromatic heterocycles. The summed E-state index contributed by atoms with van der Waals surface area (Å²) < 4.78 is 17.0. The molecule has 0 aliphatic rings. The smallest absolute Gasteiger partial charge is 0.306 e. The fourth-order valence-corrected chi connectivity index (χ4v) is 11.0. The summed E-state index contributed by atoms with van der Waals surface area (Å²) in [5.41, 5.74) is 0. The molecule has 0 aromatic carbocycles. The van der Waals surface area contributed by atoms with Crippen molar-refractivity contribution >= 4 is 17.9 Å². The Morgan fingerprint density at radius 1 is 0.241 bits per heavy atom. The van der Waals surface area contributed by atoms with Crippen LogP contribution < -0.4 is 0 Å². The van der Waals surface area contributed by atoms with Gasteiger partial charge in [-0.15, -0.1) is 0 Å². The minimum absolute atomic E-state index is 0.0751. The van der Waals surface area contributed by atoms with E-state index in [0.717, 1.165) is 83.5 Å². The zero-order valence-electron chi connectivity index (χ0n) is 55.7. The lowest BCUT2D eigenvalue weighted by atomic mass is 10.0. The highest BCUT2D eigenvalue weighted by atomic mass is 16.6. The minimum Gasteiger partial charge on any atom is -0.462 e. The maximum atomic E-state index is 13.0.